The first-order valence-electron chi connectivity index (χ1n) is 8.15. The van der Waals surface area contributed by atoms with Crippen LogP contribution in [0.15, 0.2) is 65.6 Å². The largest absolute Gasteiger partial charge is 0.417 e. The minimum Gasteiger partial charge on any atom is -0.306 e. The predicted molar refractivity (Wildman–Crippen MR) is 101 cm³/mol. The van der Waals surface area contributed by atoms with E-state index in [4.69, 9.17) is 11.6 Å². The number of fused-ring (bicyclic) bond motifs is 1. The standard InChI is InChI=1S/C20H11ClF3N3O/c21-15-9-13(20(22,23)24)10-25-17(15)11-5-7-12(8-6-11)18-26-16-4-2-1-3-14(16)19(28)27-18/h1-10H,(H,26,27,28). The Morgan fingerprint density at radius 1 is 0.964 bits per heavy atom. The second-order valence-electron chi connectivity index (χ2n) is 6.06. The summed E-state index contributed by atoms with van der Waals surface area (Å²) in [5.74, 6) is 0.390. The maximum absolute atomic E-state index is 12.8. The van der Waals surface area contributed by atoms with Crippen molar-refractivity contribution in [2.45, 2.75) is 6.18 Å². The van der Waals surface area contributed by atoms with E-state index in [1.165, 1.54) is 0 Å². The van der Waals surface area contributed by atoms with Gasteiger partial charge in [0.25, 0.3) is 5.56 Å². The number of halogens is 4. The molecule has 0 spiro atoms. The lowest BCUT2D eigenvalue weighted by Crippen LogP contribution is -2.09. The molecule has 0 saturated carbocycles. The number of pyridine rings is 1. The zero-order chi connectivity index (χ0) is 19.9. The summed E-state index contributed by atoms with van der Waals surface area (Å²) in [6.07, 6.45) is -3.76. The molecule has 0 aliphatic carbocycles. The molecule has 1 N–H and O–H groups in total. The summed E-state index contributed by atoms with van der Waals surface area (Å²) in [5.41, 5.74) is 0.840. The number of hydrogen-bond donors (Lipinski definition) is 1. The van der Waals surface area contributed by atoms with Crippen LogP contribution in [0.1, 0.15) is 5.56 Å². The van der Waals surface area contributed by atoms with E-state index in [0.717, 1.165) is 12.3 Å². The number of benzene rings is 2. The Balaban J connectivity index is 1.71. The van der Waals surface area contributed by atoms with Gasteiger partial charge in [-0.3, -0.25) is 9.78 Å². The van der Waals surface area contributed by atoms with E-state index >= 15 is 0 Å². The average Bonchev–Trinajstić information content (AvgIpc) is 2.67. The van der Waals surface area contributed by atoms with Gasteiger partial charge in [-0.25, -0.2) is 4.98 Å². The second-order valence-corrected chi connectivity index (χ2v) is 6.47. The van der Waals surface area contributed by atoms with Crippen molar-refractivity contribution < 1.29 is 13.2 Å². The third kappa shape index (κ3) is 3.36. The van der Waals surface area contributed by atoms with E-state index in [9.17, 15) is 18.0 Å². The van der Waals surface area contributed by atoms with Crippen LogP contribution in [-0.2, 0) is 6.18 Å². The topological polar surface area (TPSA) is 58.6 Å². The third-order valence-electron chi connectivity index (χ3n) is 4.21. The van der Waals surface area contributed by atoms with Gasteiger partial charge in [-0.1, -0.05) is 48.0 Å². The summed E-state index contributed by atoms with van der Waals surface area (Å²) in [7, 11) is 0. The quantitative estimate of drug-likeness (QED) is 0.494. The Labute approximate surface area is 161 Å². The molecule has 0 bridgehead atoms. The van der Waals surface area contributed by atoms with Crippen LogP contribution in [0.25, 0.3) is 33.5 Å². The molecular weight excluding hydrogens is 391 g/mol. The highest BCUT2D eigenvalue weighted by Gasteiger charge is 2.31. The molecular formula is C20H11ClF3N3O. The lowest BCUT2D eigenvalue weighted by molar-refractivity contribution is -0.137. The molecule has 0 aliphatic rings. The minimum atomic E-state index is -4.51. The summed E-state index contributed by atoms with van der Waals surface area (Å²) < 4.78 is 38.3. The van der Waals surface area contributed by atoms with E-state index in [-0.39, 0.29) is 16.3 Å². The molecule has 0 aliphatic heterocycles. The smallest absolute Gasteiger partial charge is 0.306 e. The van der Waals surface area contributed by atoms with Gasteiger partial charge >= 0.3 is 6.18 Å². The van der Waals surface area contributed by atoms with Crippen LogP contribution in [0.5, 0.6) is 0 Å². The Hall–Kier alpha value is -3.19. The minimum absolute atomic E-state index is 0.0974. The molecule has 0 amide bonds. The average molecular weight is 402 g/mol. The van der Waals surface area contributed by atoms with Crippen LogP contribution in [0.2, 0.25) is 5.02 Å². The number of alkyl halides is 3. The van der Waals surface area contributed by atoms with Gasteiger partial charge in [0, 0.05) is 17.3 Å². The Bertz CT molecular complexity index is 1230. The molecule has 4 aromatic rings. The molecule has 0 fully saturated rings. The van der Waals surface area contributed by atoms with Crippen molar-refractivity contribution in [1.29, 1.82) is 0 Å². The van der Waals surface area contributed by atoms with Crippen molar-refractivity contribution in [2.24, 2.45) is 0 Å². The number of H-pyrrole nitrogens is 1. The fourth-order valence-electron chi connectivity index (χ4n) is 2.81. The Morgan fingerprint density at radius 3 is 2.32 bits per heavy atom. The van der Waals surface area contributed by atoms with Crippen LogP contribution >= 0.6 is 11.6 Å². The molecule has 28 heavy (non-hydrogen) atoms. The fraction of sp³-hybridized carbons (Fsp3) is 0.0500. The number of hydrogen-bond acceptors (Lipinski definition) is 3. The van der Waals surface area contributed by atoms with E-state index in [0.29, 0.717) is 27.9 Å². The second kappa shape index (κ2) is 6.76. The maximum Gasteiger partial charge on any atom is 0.417 e. The van der Waals surface area contributed by atoms with E-state index < -0.39 is 11.7 Å². The van der Waals surface area contributed by atoms with Gasteiger partial charge in [0.15, 0.2) is 0 Å². The molecule has 0 unspecified atom stereocenters. The highest BCUT2D eigenvalue weighted by Crippen LogP contribution is 2.34. The van der Waals surface area contributed by atoms with Crippen molar-refractivity contribution in [3.63, 3.8) is 0 Å². The lowest BCUT2D eigenvalue weighted by Gasteiger charge is -2.10. The number of para-hydroxylation sites is 1. The number of rotatable bonds is 2. The van der Waals surface area contributed by atoms with E-state index in [2.05, 4.69) is 15.0 Å². The van der Waals surface area contributed by atoms with Gasteiger partial charge in [0.2, 0.25) is 0 Å². The molecule has 2 aromatic carbocycles. The van der Waals surface area contributed by atoms with Crippen molar-refractivity contribution in [2.75, 3.05) is 0 Å². The highest BCUT2D eigenvalue weighted by molar-refractivity contribution is 6.33. The van der Waals surface area contributed by atoms with Crippen LogP contribution in [-0.4, -0.2) is 15.0 Å². The van der Waals surface area contributed by atoms with Crippen molar-refractivity contribution in [3.8, 4) is 22.6 Å². The van der Waals surface area contributed by atoms with Gasteiger partial charge < -0.3 is 4.98 Å². The molecule has 4 rings (SSSR count). The van der Waals surface area contributed by atoms with E-state index in [1.807, 2.05) is 0 Å². The first kappa shape index (κ1) is 18.2. The maximum atomic E-state index is 12.8. The molecule has 2 aromatic heterocycles. The van der Waals surface area contributed by atoms with E-state index in [1.54, 1.807) is 48.5 Å². The molecule has 2 heterocycles. The Morgan fingerprint density at radius 2 is 1.64 bits per heavy atom. The monoisotopic (exact) mass is 401 g/mol. The van der Waals surface area contributed by atoms with Crippen molar-refractivity contribution in [3.05, 3.63) is 81.7 Å². The SMILES string of the molecule is O=c1[nH]c(-c2ccc(-c3ncc(C(F)(F)F)cc3Cl)cc2)nc2ccccc12. The van der Waals surface area contributed by atoms with Gasteiger partial charge in [0.1, 0.15) is 5.82 Å². The molecule has 0 saturated heterocycles. The summed E-state index contributed by atoms with van der Waals surface area (Å²) in [6, 6.07) is 14.5. The highest BCUT2D eigenvalue weighted by atomic mass is 35.5. The first-order chi connectivity index (χ1) is 13.3. The molecule has 0 atom stereocenters. The van der Waals surface area contributed by atoms with Gasteiger partial charge in [-0.15, -0.1) is 0 Å². The molecule has 0 radical (unpaired) electrons. The fourth-order valence-corrected chi connectivity index (χ4v) is 3.09. The van der Waals surface area contributed by atoms with Crippen LogP contribution in [0.4, 0.5) is 13.2 Å². The molecule has 4 nitrogen and oxygen atoms in total. The van der Waals surface area contributed by atoms with Gasteiger partial charge in [-0.05, 0) is 18.2 Å². The van der Waals surface area contributed by atoms with Crippen LogP contribution in [0, 0.1) is 0 Å². The summed E-state index contributed by atoms with van der Waals surface area (Å²) in [6.45, 7) is 0. The zero-order valence-corrected chi connectivity index (χ0v) is 14.8. The zero-order valence-electron chi connectivity index (χ0n) is 14.1. The number of aromatic nitrogens is 3. The molecule has 140 valence electrons. The number of nitrogens with zero attached hydrogens (tertiary/aromatic N) is 2. The first-order valence-corrected chi connectivity index (χ1v) is 8.53. The Kier molecular flexibility index (Phi) is 4.39. The third-order valence-corrected chi connectivity index (χ3v) is 4.50. The van der Waals surface area contributed by atoms with Gasteiger partial charge in [0.05, 0.1) is 27.2 Å². The van der Waals surface area contributed by atoms with Crippen molar-refractivity contribution in [1.82, 2.24) is 15.0 Å². The number of aromatic amines is 1. The lowest BCUT2D eigenvalue weighted by atomic mass is 10.1. The normalized spacial score (nSPS) is 11.7. The summed E-state index contributed by atoms with van der Waals surface area (Å²) >= 11 is 5.99. The van der Waals surface area contributed by atoms with Crippen LogP contribution < -0.4 is 5.56 Å². The van der Waals surface area contributed by atoms with Crippen LogP contribution in [0.3, 0.4) is 0 Å². The summed E-state index contributed by atoms with van der Waals surface area (Å²) in [5, 5.41) is 0.392. The number of nitrogens with one attached hydrogen (secondary N) is 1. The summed E-state index contributed by atoms with van der Waals surface area (Å²) in [4.78, 5) is 23.2. The van der Waals surface area contributed by atoms with Gasteiger partial charge in [-0.2, -0.15) is 13.2 Å². The van der Waals surface area contributed by atoms with Crippen molar-refractivity contribution >= 4 is 22.5 Å². The molecule has 8 heteroatoms. The predicted octanol–water partition coefficient (Wildman–Crippen LogP) is 5.32.